The summed E-state index contributed by atoms with van der Waals surface area (Å²) in [5.41, 5.74) is -0.358. The van der Waals surface area contributed by atoms with Gasteiger partial charge in [0.2, 0.25) is 15.9 Å². The molecule has 4 rings (SSSR count). The van der Waals surface area contributed by atoms with Gasteiger partial charge in [-0.25, -0.2) is 8.42 Å². The predicted octanol–water partition coefficient (Wildman–Crippen LogP) is 3.21. The van der Waals surface area contributed by atoms with Crippen molar-refractivity contribution >= 4 is 27.5 Å². The standard InChI is InChI=1S/C21H29ClN2O4S/c22-16-5-4-8-18(13-16)29(26,27)24-14-19(21(15-24)9-11-28-12-10-21)20(25)23-17-6-2-1-3-7-17/h4-5,8,13,17,19H,1-3,6-7,9-12,14-15H2,(H,23,25). The van der Waals surface area contributed by atoms with E-state index in [-0.39, 0.29) is 34.7 Å². The number of sulfonamides is 1. The summed E-state index contributed by atoms with van der Waals surface area (Å²) in [5.74, 6) is -0.343. The number of carbonyl (C=O) groups is 1. The third kappa shape index (κ3) is 4.33. The minimum Gasteiger partial charge on any atom is -0.381 e. The van der Waals surface area contributed by atoms with Crippen LogP contribution in [0.15, 0.2) is 29.2 Å². The van der Waals surface area contributed by atoms with E-state index in [4.69, 9.17) is 16.3 Å². The minimum atomic E-state index is -3.71. The summed E-state index contributed by atoms with van der Waals surface area (Å²) in [4.78, 5) is 13.4. The third-order valence-electron chi connectivity index (χ3n) is 6.81. The Morgan fingerprint density at radius 3 is 2.59 bits per heavy atom. The van der Waals surface area contributed by atoms with Gasteiger partial charge in [0.1, 0.15) is 0 Å². The largest absolute Gasteiger partial charge is 0.381 e. The number of nitrogens with one attached hydrogen (secondary N) is 1. The second-order valence-electron chi connectivity index (χ2n) is 8.63. The van der Waals surface area contributed by atoms with Crippen molar-refractivity contribution < 1.29 is 17.9 Å². The van der Waals surface area contributed by atoms with Crippen LogP contribution in [0.2, 0.25) is 5.02 Å². The van der Waals surface area contributed by atoms with Gasteiger partial charge in [-0.2, -0.15) is 4.31 Å². The first-order valence-electron chi connectivity index (χ1n) is 10.5. The lowest BCUT2D eigenvalue weighted by atomic mass is 9.71. The van der Waals surface area contributed by atoms with Crippen LogP contribution < -0.4 is 5.32 Å². The molecule has 8 heteroatoms. The molecule has 1 atom stereocenters. The molecular weight excluding hydrogens is 412 g/mol. The van der Waals surface area contributed by atoms with Gasteiger partial charge in [0.15, 0.2) is 0 Å². The molecule has 1 amide bonds. The second kappa shape index (κ2) is 8.53. The molecule has 1 aliphatic carbocycles. The lowest BCUT2D eigenvalue weighted by molar-refractivity contribution is -0.130. The van der Waals surface area contributed by atoms with Crippen LogP contribution >= 0.6 is 11.6 Å². The molecule has 160 valence electrons. The molecule has 2 saturated heterocycles. The molecule has 1 N–H and O–H groups in total. The molecule has 1 aromatic carbocycles. The molecule has 29 heavy (non-hydrogen) atoms. The quantitative estimate of drug-likeness (QED) is 0.780. The summed E-state index contributed by atoms with van der Waals surface area (Å²) in [6.07, 6.45) is 6.95. The zero-order chi connectivity index (χ0) is 20.5. The molecule has 1 aromatic rings. The average Bonchev–Trinajstić information content (AvgIpc) is 3.09. The minimum absolute atomic E-state index is 0.00240. The summed E-state index contributed by atoms with van der Waals surface area (Å²) in [7, 11) is -3.71. The molecule has 1 spiro atoms. The van der Waals surface area contributed by atoms with E-state index in [2.05, 4.69) is 5.32 Å². The monoisotopic (exact) mass is 440 g/mol. The van der Waals surface area contributed by atoms with Crippen molar-refractivity contribution in [1.29, 1.82) is 0 Å². The number of halogens is 1. The van der Waals surface area contributed by atoms with E-state index >= 15 is 0 Å². The molecule has 1 saturated carbocycles. The molecule has 0 aromatic heterocycles. The fraction of sp³-hybridized carbons (Fsp3) is 0.667. The van der Waals surface area contributed by atoms with Crippen LogP contribution in [0, 0.1) is 11.3 Å². The number of hydrogen-bond acceptors (Lipinski definition) is 4. The Morgan fingerprint density at radius 2 is 1.90 bits per heavy atom. The van der Waals surface area contributed by atoms with Gasteiger partial charge in [0.25, 0.3) is 0 Å². The Bertz CT molecular complexity index is 848. The Balaban J connectivity index is 1.57. The number of benzene rings is 1. The molecule has 6 nitrogen and oxygen atoms in total. The Labute approximate surface area is 178 Å². The third-order valence-corrected chi connectivity index (χ3v) is 8.85. The number of ether oxygens (including phenoxy) is 1. The fourth-order valence-corrected chi connectivity index (χ4v) is 6.93. The number of nitrogens with zero attached hydrogens (tertiary/aromatic N) is 1. The van der Waals surface area contributed by atoms with E-state index in [9.17, 15) is 13.2 Å². The Kier molecular flexibility index (Phi) is 6.21. The zero-order valence-electron chi connectivity index (χ0n) is 16.6. The highest BCUT2D eigenvalue weighted by Gasteiger charge is 2.53. The van der Waals surface area contributed by atoms with Crippen molar-refractivity contribution in [3.63, 3.8) is 0 Å². The van der Waals surface area contributed by atoms with E-state index < -0.39 is 10.0 Å². The Hall–Kier alpha value is -1.15. The predicted molar refractivity (Wildman–Crippen MR) is 111 cm³/mol. The summed E-state index contributed by atoms with van der Waals surface area (Å²) < 4.78 is 33.6. The SMILES string of the molecule is O=C(NC1CCCCC1)C1CN(S(=O)(=O)c2cccc(Cl)c2)CC12CCOCC2. The lowest BCUT2D eigenvalue weighted by Crippen LogP contribution is -2.47. The van der Waals surface area contributed by atoms with Crippen LogP contribution in [0.25, 0.3) is 0 Å². The normalized spacial score (nSPS) is 25.9. The van der Waals surface area contributed by atoms with E-state index in [0.717, 1.165) is 25.7 Å². The first-order valence-corrected chi connectivity index (χ1v) is 12.4. The molecule has 1 unspecified atom stereocenters. The molecule has 0 radical (unpaired) electrons. The summed E-state index contributed by atoms with van der Waals surface area (Å²) in [6.45, 7) is 1.71. The molecular formula is C21H29ClN2O4S. The van der Waals surface area contributed by atoms with Crippen molar-refractivity contribution in [2.75, 3.05) is 26.3 Å². The Morgan fingerprint density at radius 1 is 1.17 bits per heavy atom. The fourth-order valence-electron chi connectivity index (χ4n) is 5.08. The van der Waals surface area contributed by atoms with Crippen LogP contribution in [0.1, 0.15) is 44.9 Å². The average molecular weight is 441 g/mol. The first-order chi connectivity index (χ1) is 13.9. The van der Waals surface area contributed by atoms with E-state index in [0.29, 0.717) is 37.6 Å². The number of rotatable bonds is 4. The van der Waals surface area contributed by atoms with Crippen molar-refractivity contribution in [1.82, 2.24) is 9.62 Å². The van der Waals surface area contributed by atoms with E-state index in [1.165, 1.54) is 16.8 Å². The van der Waals surface area contributed by atoms with Crippen LogP contribution in [0.3, 0.4) is 0 Å². The molecule has 0 bridgehead atoms. The molecule has 2 heterocycles. The lowest BCUT2D eigenvalue weighted by Gasteiger charge is -2.38. The second-order valence-corrected chi connectivity index (χ2v) is 11.0. The van der Waals surface area contributed by atoms with Gasteiger partial charge in [-0.3, -0.25) is 4.79 Å². The van der Waals surface area contributed by atoms with Gasteiger partial charge < -0.3 is 10.1 Å². The molecule has 3 fully saturated rings. The maximum atomic E-state index is 13.3. The number of carbonyl (C=O) groups excluding carboxylic acids is 1. The highest BCUT2D eigenvalue weighted by molar-refractivity contribution is 7.89. The van der Waals surface area contributed by atoms with Crippen molar-refractivity contribution in [3.05, 3.63) is 29.3 Å². The molecule has 2 aliphatic heterocycles. The zero-order valence-corrected chi connectivity index (χ0v) is 18.2. The summed E-state index contributed by atoms with van der Waals surface area (Å²) in [6, 6.07) is 6.55. The van der Waals surface area contributed by atoms with E-state index in [1.807, 2.05) is 0 Å². The maximum Gasteiger partial charge on any atom is 0.243 e. The molecule has 3 aliphatic rings. The maximum absolute atomic E-state index is 13.3. The van der Waals surface area contributed by atoms with Crippen LogP contribution in [-0.4, -0.2) is 51.0 Å². The highest BCUT2D eigenvalue weighted by atomic mass is 35.5. The van der Waals surface area contributed by atoms with Crippen LogP contribution in [0.4, 0.5) is 0 Å². The van der Waals surface area contributed by atoms with Crippen molar-refractivity contribution in [3.8, 4) is 0 Å². The topological polar surface area (TPSA) is 75.7 Å². The first kappa shape index (κ1) is 21.1. The van der Waals surface area contributed by atoms with Gasteiger partial charge in [-0.1, -0.05) is 36.9 Å². The highest BCUT2D eigenvalue weighted by Crippen LogP contribution is 2.46. The van der Waals surface area contributed by atoms with Crippen LogP contribution in [-0.2, 0) is 19.6 Å². The van der Waals surface area contributed by atoms with E-state index in [1.54, 1.807) is 18.2 Å². The number of hydrogen-bond donors (Lipinski definition) is 1. The summed E-state index contributed by atoms with van der Waals surface area (Å²) in [5, 5.41) is 3.62. The smallest absolute Gasteiger partial charge is 0.243 e. The van der Waals surface area contributed by atoms with Gasteiger partial charge in [0, 0.05) is 42.8 Å². The summed E-state index contributed by atoms with van der Waals surface area (Å²) >= 11 is 6.02. The van der Waals surface area contributed by atoms with Gasteiger partial charge in [-0.05, 0) is 43.9 Å². The van der Waals surface area contributed by atoms with Gasteiger partial charge in [0.05, 0.1) is 10.8 Å². The van der Waals surface area contributed by atoms with Crippen molar-refractivity contribution in [2.45, 2.75) is 55.9 Å². The van der Waals surface area contributed by atoms with Crippen LogP contribution in [0.5, 0.6) is 0 Å². The van der Waals surface area contributed by atoms with Crippen molar-refractivity contribution in [2.24, 2.45) is 11.3 Å². The number of amides is 1. The van der Waals surface area contributed by atoms with Gasteiger partial charge >= 0.3 is 0 Å². The van der Waals surface area contributed by atoms with Gasteiger partial charge in [-0.15, -0.1) is 0 Å².